The van der Waals surface area contributed by atoms with Crippen molar-refractivity contribution in [1.82, 2.24) is 24.5 Å². The van der Waals surface area contributed by atoms with Crippen LogP contribution in [0.2, 0.25) is 0 Å². The van der Waals surface area contributed by atoms with Gasteiger partial charge in [0.15, 0.2) is 11.3 Å². The maximum Gasteiger partial charge on any atom is 0.300 e. The molecule has 1 saturated heterocycles. The number of halogens is 1. The molecule has 29 heavy (non-hydrogen) atoms. The molecule has 3 heterocycles. The Kier molecular flexibility index (Phi) is 4.52. The molecule has 0 bridgehead atoms. The van der Waals surface area contributed by atoms with Crippen molar-refractivity contribution < 1.29 is 4.39 Å². The van der Waals surface area contributed by atoms with E-state index in [0.29, 0.717) is 17.8 Å². The monoisotopic (exact) mass is 389 g/mol. The molecule has 0 amide bonds. The fraction of sp³-hybridized carbons (Fsp3) is 0.273. The van der Waals surface area contributed by atoms with Crippen LogP contribution in [0.5, 0.6) is 0 Å². The average molecular weight is 389 g/mol. The standard InChI is InChI=1S/C22H20FN5O/c23-16-10-8-15(9-11-16)20-22(29)25-21-17-6-2-3-7-18(17)24-19(28(21)26-20)14-27-12-4-1-5-13-27/h2-3,6-11H,1,4-5,12-14H2. The number of aromatic nitrogens is 4. The van der Waals surface area contributed by atoms with Crippen molar-refractivity contribution in [3.63, 3.8) is 0 Å². The maximum absolute atomic E-state index is 13.3. The first-order valence-corrected chi connectivity index (χ1v) is 9.86. The van der Waals surface area contributed by atoms with E-state index in [1.165, 1.54) is 31.4 Å². The smallest absolute Gasteiger partial charge is 0.296 e. The predicted molar refractivity (Wildman–Crippen MR) is 109 cm³/mol. The van der Waals surface area contributed by atoms with E-state index in [4.69, 9.17) is 4.98 Å². The zero-order chi connectivity index (χ0) is 19.8. The third-order valence-corrected chi connectivity index (χ3v) is 5.38. The first-order chi connectivity index (χ1) is 14.2. The van der Waals surface area contributed by atoms with Gasteiger partial charge in [-0.05, 0) is 62.3 Å². The third-order valence-electron chi connectivity index (χ3n) is 5.38. The highest BCUT2D eigenvalue weighted by molar-refractivity contribution is 5.91. The Morgan fingerprint density at radius 1 is 0.931 bits per heavy atom. The summed E-state index contributed by atoms with van der Waals surface area (Å²) in [7, 11) is 0. The SMILES string of the molecule is O=c1nc2c3ccccc3nc(CN3CCCCC3)n2nc1-c1ccc(F)cc1. The van der Waals surface area contributed by atoms with Crippen LogP contribution in [0.25, 0.3) is 27.8 Å². The van der Waals surface area contributed by atoms with Crippen molar-refractivity contribution in [3.05, 3.63) is 70.5 Å². The lowest BCUT2D eigenvalue weighted by Crippen LogP contribution is -2.31. The molecule has 0 unspecified atom stereocenters. The van der Waals surface area contributed by atoms with Crippen LogP contribution < -0.4 is 5.56 Å². The Labute approximate surface area is 166 Å². The van der Waals surface area contributed by atoms with Gasteiger partial charge >= 0.3 is 0 Å². The van der Waals surface area contributed by atoms with Crippen molar-refractivity contribution in [2.24, 2.45) is 0 Å². The van der Waals surface area contributed by atoms with E-state index in [-0.39, 0.29) is 11.5 Å². The van der Waals surface area contributed by atoms with Crippen LogP contribution in [0.15, 0.2) is 53.3 Å². The molecule has 1 fully saturated rings. The number of likely N-dealkylation sites (tertiary alicyclic amines) is 1. The number of hydrogen-bond acceptors (Lipinski definition) is 5. The fourth-order valence-electron chi connectivity index (χ4n) is 3.90. The van der Waals surface area contributed by atoms with Gasteiger partial charge in [0.25, 0.3) is 5.56 Å². The van der Waals surface area contributed by atoms with Gasteiger partial charge in [-0.25, -0.2) is 9.37 Å². The lowest BCUT2D eigenvalue weighted by molar-refractivity contribution is 0.214. The summed E-state index contributed by atoms with van der Waals surface area (Å²) in [6.07, 6.45) is 3.60. The molecule has 0 aliphatic carbocycles. The van der Waals surface area contributed by atoms with Gasteiger partial charge in [-0.1, -0.05) is 18.6 Å². The van der Waals surface area contributed by atoms with E-state index < -0.39 is 5.56 Å². The van der Waals surface area contributed by atoms with Crippen LogP contribution in [-0.4, -0.2) is 37.6 Å². The normalized spacial score (nSPS) is 15.2. The van der Waals surface area contributed by atoms with E-state index in [9.17, 15) is 9.18 Å². The van der Waals surface area contributed by atoms with Crippen molar-refractivity contribution in [3.8, 4) is 11.3 Å². The lowest BCUT2D eigenvalue weighted by atomic mass is 10.1. The topological polar surface area (TPSA) is 63.4 Å². The molecule has 2 aromatic carbocycles. The van der Waals surface area contributed by atoms with Crippen molar-refractivity contribution in [2.45, 2.75) is 25.8 Å². The van der Waals surface area contributed by atoms with Gasteiger partial charge in [-0.3, -0.25) is 9.69 Å². The first-order valence-electron chi connectivity index (χ1n) is 9.86. The van der Waals surface area contributed by atoms with Crippen LogP contribution in [0.3, 0.4) is 0 Å². The molecule has 5 rings (SSSR count). The van der Waals surface area contributed by atoms with E-state index in [1.54, 1.807) is 16.6 Å². The predicted octanol–water partition coefficient (Wildman–Crippen LogP) is 3.43. The largest absolute Gasteiger partial charge is 0.300 e. The molecular weight excluding hydrogens is 369 g/mol. The molecule has 7 heteroatoms. The molecule has 4 aromatic rings. The number of piperidine rings is 1. The number of rotatable bonds is 3. The molecule has 0 saturated carbocycles. The summed E-state index contributed by atoms with van der Waals surface area (Å²) in [5, 5.41) is 5.40. The number of para-hydroxylation sites is 1. The highest BCUT2D eigenvalue weighted by Gasteiger charge is 2.18. The first kappa shape index (κ1) is 17.9. The van der Waals surface area contributed by atoms with Crippen LogP contribution in [0.1, 0.15) is 25.1 Å². The number of benzene rings is 2. The Morgan fingerprint density at radius 3 is 2.48 bits per heavy atom. The van der Waals surface area contributed by atoms with Gasteiger partial charge in [-0.15, -0.1) is 0 Å². The molecule has 1 aliphatic heterocycles. The van der Waals surface area contributed by atoms with E-state index in [2.05, 4.69) is 15.0 Å². The minimum Gasteiger partial charge on any atom is -0.296 e. The molecule has 1 aliphatic rings. The molecule has 146 valence electrons. The molecule has 0 N–H and O–H groups in total. The number of nitrogens with zero attached hydrogens (tertiary/aromatic N) is 5. The van der Waals surface area contributed by atoms with Gasteiger partial charge in [0, 0.05) is 10.9 Å². The zero-order valence-electron chi connectivity index (χ0n) is 15.9. The highest BCUT2D eigenvalue weighted by atomic mass is 19.1. The summed E-state index contributed by atoms with van der Waals surface area (Å²) < 4.78 is 15.0. The molecular formula is C22H20FN5O. The van der Waals surface area contributed by atoms with Crippen LogP contribution in [-0.2, 0) is 6.54 Å². The zero-order valence-corrected chi connectivity index (χ0v) is 15.9. The highest BCUT2D eigenvalue weighted by Crippen LogP contribution is 2.21. The summed E-state index contributed by atoms with van der Waals surface area (Å²) in [5.74, 6) is 0.387. The van der Waals surface area contributed by atoms with Gasteiger partial charge in [0.2, 0.25) is 0 Å². The van der Waals surface area contributed by atoms with Gasteiger partial charge in [0.1, 0.15) is 11.6 Å². The second-order valence-corrected chi connectivity index (χ2v) is 7.39. The molecule has 0 atom stereocenters. The lowest BCUT2D eigenvalue weighted by Gasteiger charge is -2.26. The van der Waals surface area contributed by atoms with Crippen LogP contribution in [0, 0.1) is 5.82 Å². The molecule has 0 spiro atoms. The number of hydrogen-bond donors (Lipinski definition) is 0. The van der Waals surface area contributed by atoms with Gasteiger partial charge < -0.3 is 0 Å². The second kappa shape index (κ2) is 7.33. The summed E-state index contributed by atoms with van der Waals surface area (Å²) in [6.45, 7) is 2.69. The van der Waals surface area contributed by atoms with Crippen molar-refractivity contribution in [1.29, 1.82) is 0 Å². The fourth-order valence-corrected chi connectivity index (χ4v) is 3.90. The second-order valence-electron chi connectivity index (χ2n) is 7.39. The minimum atomic E-state index is -0.433. The van der Waals surface area contributed by atoms with Crippen molar-refractivity contribution >= 4 is 16.6 Å². The number of fused-ring (bicyclic) bond motifs is 3. The molecule has 0 radical (unpaired) electrons. The minimum absolute atomic E-state index is 0.194. The van der Waals surface area contributed by atoms with E-state index in [1.807, 2.05) is 24.3 Å². The van der Waals surface area contributed by atoms with Crippen LogP contribution in [0.4, 0.5) is 4.39 Å². The van der Waals surface area contributed by atoms with E-state index >= 15 is 0 Å². The Bertz CT molecular complexity index is 1250. The van der Waals surface area contributed by atoms with Gasteiger partial charge in [0.05, 0.1) is 12.1 Å². The summed E-state index contributed by atoms with van der Waals surface area (Å²) in [6, 6.07) is 13.4. The van der Waals surface area contributed by atoms with Gasteiger partial charge in [-0.2, -0.15) is 14.6 Å². The maximum atomic E-state index is 13.3. The van der Waals surface area contributed by atoms with Crippen molar-refractivity contribution in [2.75, 3.05) is 13.1 Å². The average Bonchev–Trinajstić information content (AvgIpc) is 2.75. The Morgan fingerprint density at radius 2 is 1.69 bits per heavy atom. The Balaban J connectivity index is 1.73. The summed E-state index contributed by atoms with van der Waals surface area (Å²) in [4.78, 5) is 24.3. The summed E-state index contributed by atoms with van der Waals surface area (Å²) >= 11 is 0. The summed E-state index contributed by atoms with van der Waals surface area (Å²) in [5.41, 5.74) is 1.59. The third kappa shape index (κ3) is 3.38. The van der Waals surface area contributed by atoms with E-state index in [0.717, 1.165) is 29.8 Å². The molecule has 6 nitrogen and oxygen atoms in total. The van der Waals surface area contributed by atoms with Crippen LogP contribution >= 0.6 is 0 Å². The Hall–Kier alpha value is -3.19. The quantitative estimate of drug-likeness (QED) is 0.503. The molecule has 2 aromatic heterocycles.